The minimum absolute atomic E-state index is 0.146. The number of hydrogen-bond donors (Lipinski definition) is 3. The lowest BCUT2D eigenvalue weighted by Crippen LogP contribution is -2.52. The highest BCUT2D eigenvalue weighted by molar-refractivity contribution is 5.74. The van der Waals surface area contributed by atoms with E-state index in [-0.39, 0.29) is 29.8 Å². The van der Waals surface area contributed by atoms with Crippen LogP contribution in [0.3, 0.4) is 0 Å². The molecule has 0 heterocycles. The molecule has 1 fully saturated rings. The number of carbonyl (C=O) groups is 2. The van der Waals surface area contributed by atoms with Crippen LogP contribution in [0.25, 0.3) is 0 Å². The molecule has 0 spiro atoms. The van der Waals surface area contributed by atoms with E-state index in [1.54, 1.807) is 0 Å². The first kappa shape index (κ1) is 17.9. The molecule has 6 heteroatoms. The number of aliphatic hydroxyl groups excluding tert-OH is 1. The SMILES string of the molecule is CCC(CC)[C@H](NC(C)=O)[C@@H]1[C@H](O)[C@H](C(=O)OC)C[C@H]1N. The van der Waals surface area contributed by atoms with Crippen molar-refractivity contribution in [3.05, 3.63) is 0 Å². The Hall–Kier alpha value is -1.14. The molecule has 6 nitrogen and oxygen atoms in total. The first-order valence-electron chi connectivity index (χ1n) is 7.65. The molecule has 0 aromatic heterocycles. The van der Waals surface area contributed by atoms with Crippen molar-refractivity contribution >= 4 is 11.9 Å². The van der Waals surface area contributed by atoms with Crippen molar-refractivity contribution in [2.75, 3.05) is 7.11 Å². The molecule has 0 radical (unpaired) electrons. The average molecular weight is 300 g/mol. The third-order valence-corrected chi connectivity index (χ3v) is 4.67. The Balaban J connectivity index is 3.00. The summed E-state index contributed by atoms with van der Waals surface area (Å²) in [5, 5.41) is 13.4. The minimum Gasteiger partial charge on any atom is -0.469 e. The molecule has 0 aromatic carbocycles. The molecule has 5 atom stereocenters. The van der Waals surface area contributed by atoms with E-state index in [1.807, 2.05) is 13.8 Å². The van der Waals surface area contributed by atoms with Gasteiger partial charge in [-0.15, -0.1) is 0 Å². The quantitative estimate of drug-likeness (QED) is 0.617. The van der Waals surface area contributed by atoms with Gasteiger partial charge in [0.1, 0.15) is 0 Å². The predicted molar refractivity (Wildman–Crippen MR) is 79.3 cm³/mol. The second-order valence-electron chi connectivity index (χ2n) is 5.90. The largest absolute Gasteiger partial charge is 0.469 e. The summed E-state index contributed by atoms with van der Waals surface area (Å²) in [6, 6.07) is -0.557. The molecule has 4 N–H and O–H groups in total. The Bertz CT molecular complexity index is 371. The fourth-order valence-electron chi connectivity index (χ4n) is 3.54. The molecule has 0 aliphatic heterocycles. The van der Waals surface area contributed by atoms with E-state index in [0.29, 0.717) is 6.42 Å². The van der Waals surface area contributed by atoms with Crippen LogP contribution in [0.15, 0.2) is 0 Å². The second-order valence-corrected chi connectivity index (χ2v) is 5.90. The molecule has 1 amide bonds. The second kappa shape index (κ2) is 7.75. The first-order chi connectivity index (χ1) is 9.87. The van der Waals surface area contributed by atoms with E-state index in [0.717, 1.165) is 12.8 Å². The summed E-state index contributed by atoms with van der Waals surface area (Å²) in [6.45, 7) is 5.56. The lowest BCUT2D eigenvalue weighted by Gasteiger charge is -2.35. The third kappa shape index (κ3) is 3.95. The summed E-state index contributed by atoms with van der Waals surface area (Å²) in [5.41, 5.74) is 6.16. The summed E-state index contributed by atoms with van der Waals surface area (Å²) < 4.78 is 4.73. The Kier molecular flexibility index (Phi) is 6.61. The van der Waals surface area contributed by atoms with Crippen molar-refractivity contribution < 1.29 is 19.4 Å². The van der Waals surface area contributed by atoms with E-state index in [2.05, 4.69) is 5.32 Å². The number of methoxy groups -OCH3 is 1. The molecule has 0 saturated heterocycles. The normalized spacial score (nSPS) is 30.2. The van der Waals surface area contributed by atoms with Gasteiger partial charge in [0.15, 0.2) is 0 Å². The lowest BCUT2D eigenvalue weighted by atomic mass is 9.80. The molecule has 1 aliphatic carbocycles. The van der Waals surface area contributed by atoms with Crippen molar-refractivity contribution in [1.82, 2.24) is 5.32 Å². The van der Waals surface area contributed by atoms with E-state index in [1.165, 1.54) is 14.0 Å². The summed E-state index contributed by atoms with van der Waals surface area (Å²) in [5.74, 6) is -1.31. The van der Waals surface area contributed by atoms with Gasteiger partial charge in [-0.1, -0.05) is 26.7 Å². The Morgan fingerprint density at radius 1 is 1.38 bits per heavy atom. The number of hydrogen-bond acceptors (Lipinski definition) is 5. The molecule has 1 aliphatic rings. The molecule has 0 bridgehead atoms. The van der Waals surface area contributed by atoms with Crippen LogP contribution in [-0.4, -0.2) is 42.3 Å². The molecule has 122 valence electrons. The van der Waals surface area contributed by atoms with Crippen LogP contribution < -0.4 is 11.1 Å². The maximum Gasteiger partial charge on any atom is 0.311 e. The number of esters is 1. The van der Waals surface area contributed by atoms with Crippen LogP contribution in [0.4, 0.5) is 0 Å². The van der Waals surface area contributed by atoms with Crippen molar-refractivity contribution in [3.8, 4) is 0 Å². The fraction of sp³-hybridized carbons (Fsp3) is 0.867. The van der Waals surface area contributed by atoms with Gasteiger partial charge in [-0.2, -0.15) is 0 Å². The number of nitrogens with two attached hydrogens (primary N) is 1. The molecule has 0 unspecified atom stereocenters. The number of rotatable bonds is 6. The number of nitrogens with one attached hydrogen (secondary N) is 1. The highest BCUT2D eigenvalue weighted by Gasteiger charge is 2.49. The van der Waals surface area contributed by atoms with Gasteiger partial charge in [0.25, 0.3) is 0 Å². The Labute approximate surface area is 126 Å². The monoisotopic (exact) mass is 300 g/mol. The van der Waals surface area contributed by atoms with Gasteiger partial charge < -0.3 is 20.9 Å². The maximum atomic E-state index is 11.7. The van der Waals surface area contributed by atoms with E-state index in [4.69, 9.17) is 10.5 Å². The summed E-state index contributed by atoms with van der Waals surface area (Å²) in [7, 11) is 1.31. The standard InChI is InChI=1S/C15H28N2O4/c1-5-9(6-2)13(17-8(3)18)12-11(16)7-10(14(12)19)15(20)21-4/h9-14,19H,5-7,16H2,1-4H3,(H,17,18)/t10-,11-,12-,13+,14-/m1/s1. The summed E-state index contributed by atoms with van der Waals surface area (Å²) in [4.78, 5) is 23.3. The van der Waals surface area contributed by atoms with Crippen molar-refractivity contribution in [3.63, 3.8) is 0 Å². The van der Waals surface area contributed by atoms with Crippen molar-refractivity contribution in [2.45, 2.75) is 58.2 Å². The van der Waals surface area contributed by atoms with Gasteiger partial charge in [-0.25, -0.2) is 0 Å². The molecular formula is C15H28N2O4. The van der Waals surface area contributed by atoms with E-state index < -0.39 is 18.0 Å². The molecular weight excluding hydrogens is 272 g/mol. The zero-order chi connectivity index (χ0) is 16.2. The van der Waals surface area contributed by atoms with Gasteiger partial charge in [0.05, 0.1) is 19.1 Å². The van der Waals surface area contributed by atoms with Crippen LogP contribution in [0.5, 0.6) is 0 Å². The number of ether oxygens (including phenoxy) is 1. The Morgan fingerprint density at radius 2 is 1.95 bits per heavy atom. The van der Waals surface area contributed by atoms with Crippen LogP contribution in [-0.2, 0) is 14.3 Å². The first-order valence-corrected chi connectivity index (χ1v) is 7.65. The highest BCUT2D eigenvalue weighted by Crippen LogP contribution is 2.37. The maximum absolute atomic E-state index is 11.7. The van der Waals surface area contributed by atoms with Crippen LogP contribution >= 0.6 is 0 Å². The number of carbonyl (C=O) groups excluding carboxylic acids is 2. The minimum atomic E-state index is -0.884. The number of aliphatic hydroxyl groups is 1. The zero-order valence-corrected chi connectivity index (χ0v) is 13.3. The van der Waals surface area contributed by atoms with E-state index >= 15 is 0 Å². The zero-order valence-electron chi connectivity index (χ0n) is 13.3. The smallest absolute Gasteiger partial charge is 0.311 e. The van der Waals surface area contributed by atoms with Crippen molar-refractivity contribution in [1.29, 1.82) is 0 Å². The van der Waals surface area contributed by atoms with Gasteiger partial charge in [0.2, 0.25) is 5.91 Å². The number of amides is 1. The van der Waals surface area contributed by atoms with Crippen molar-refractivity contribution in [2.24, 2.45) is 23.5 Å². The summed E-state index contributed by atoms with van der Waals surface area (Å²) in [6.07, 6.45) is 1.25. The topological polar surface area (TPSA) is 102 Å². The Morgan fingerprint density at radius 3 is 2.38 bits per heavy atom. The molecule has 1 saturated carbocycles. The van der Waals surface area contributed by atoms with E-state index in [9.17, 15) is 14.7 Å². The lowest BCUT2D eigenvalue weighted by molar-refractivity contribution is -0.149. The van der Waals surface area contributed by atoms with Crippen LogP contribution in [0, 0.1) is 17.8 Å². The molecule has 0 aromatic rings. The summed E-state index contributed by atoms with van der Waals surface area (Å²) >= 11 is 0. The molecule has 21 heavy (non-hydrogen) atoms. The fourth-order valence-corrected chi connectivity index (χ4v) is 3.54. The average Bonchev–Trinajstić information content (AvgIpc) is 2.73. The van der Waals surface area contributed by atoms with Gasteiger partial charge >= 0.3 is 5.97 Å². The van der Waals surface area contributed by atoms with Gasteiger partial charge in [0, 0.05) is 24.9 Å². The van der Waals surface area contributed by atoms with Crippen LogP contribution in [0.1, 0.15) is 40.0 Å². The van der Waals surface area contributed by atoms with Gasteiger partial charge in [-0.05, 0) is 12.3 Å². The highest BCUT2D eigenvalue weighted by atomic mass is 16.5. The van der Waals surface area contributed by atoms with Crippen LogP contribution in [0.2, 0.25) is 0 Å². The predicted octanol–water partition coefficient (Wildman–Crippen LogP) is 0.425. The van der Waals surface area contributed by atoms with Gasteiger partial charge in [-0.3, -0.25) is 9.59 Å². The third-order valence-electron chi connectivity index (χ3n) is 4.67. The molecule has 1 rings (SSSR count).